The van der Waals surface area contributed by atoms with Crippen LogP contribution in [0.3, 0.4) is 0 Å². The number of allylic oxidation sites excluding steroid dienone is 4. The molecule has 0 aliphatic heterocycles. The Kier molecular flexibility index (Phi) is 5.01. The van der Waals surface area contributed by atoms with Crippen LogP contribution in [0, 0.1) is 56.7 Å². The van der Waals surface area contributed by atoms with Crippen LogP contribution in [-0.2, 0) is 0 Å². The van der Waals surface area contributed by atoms with Crippen molar-refractivity contribution in [2.24, 2.45) is 28.4 Å². The molecule has 4 nitrogen and oxygen atoms in total. The number of rotatable bonds is 1. The van der Waals surface area contributed by atoms with Gasteiger partial charge in [0.2, 0.25) is 0 Å². The fourth-order valence-corrected chi connectivity index (χ4v) is 4.77. The molecule has 0 aromatic heterocycles. The van der Waals surface area contributed by atoms with Crippen LogP contribution in [0.4, 0.5) is 0 Å². The van der Waals surface area contributed by atoms with Gasteiger partial charge in [-0.15, -0.1) is 0 Å². The van der Waals surface area contributed by atoms with E-state index in [4.69, 9.17) is 17.3 Å². The van der Waals surface area contributed by atoms with Gasteiger partial charge in [0.05, 0.1) is 23.4 Å². The zero-order valence-electron chi connectivity index (χ0n) is 16.3. The van der Waals surface area contributed by atoms with Crippen LogP contribution in [0.5, 0.6) is 0 Å². The summed E-state index contributed by atoms with van der Waals surface area (Å²) < 4.78 is 0. The lowest BCUT2D eigenvalue weighted by Crippen LogP contribution is -2.44. The average molecular weight is 391 g/mol. The van der Waals surface area contributed by atoms with Gasteiger partial charge in [0.25, 0.3) is 0 Å². The highest BCUT2D eigenvalue weighted by Crippen LogP contribution is 2.57. The Hall–Kier alpha value is -2.74. The van der Waals surface area contributed by atoms with Gasteiger partial charge in [-0.25, -0.2) is 0 Å². The van der Waals surface area contributed by atoms with Gasteiger partial charge in [0.1, 0.15) is 6.07 Å². The van der Waals surface area contributed by atoms with Crippen molar-refractivity contribution in [1.82, 2.24) is 0 Å². The summed E-state index contributed by atoms with van der Waals surface area (Å²) in [6.45, 7) is 6.61. The summed E-state index contributed by atoms with van der Waals surface area (Å²) in [5.74, 6) is -0.195. The topological polar surface area (TPSA) is 97.4 Å². The number of nitrogens with zero attached hydrogens (tertiary/aromatic N) is 3. The Morgan fingerprint density at radius 2 is 1.71 bits per heavy atom. The number of nitriles is 3. The van der Waals surface area contributed by atoms with Crippen molar-refractivity contribution in [3.63, 3.8) is 0 Å². The third-order valence-corrected chi connectivity index (χ3v) is 6.58. The minimum Gasteiger partial charge on any atom is -0.399 e. The van der Waals surface area contributed by atoms with E-state index in [1.807, 2.05) is 12.1 Å². The maximum Gasteiger partial charge on any atom is 0.191 e. The number of nitrogens with two attached hydrogens (primary N) is 1. The molecule has 0 saturated carbocycles. The number of hydrogen-bond acceptors (Lipinski definition) is 4. The Morgan fingerprint density at radius 3 is 2.21 bits per heavy atom. The summed E-state index contributed by atoms with van der Waals surface area (Å²) in [7, 11) is 0. The van der Waals surface area contributed by atoms with Crippen LogP contribution in [0.2, 0.25) is 5.02 Å². The lowest BCUT2D eigenvalue weighted by atomic mass is 9.54. The molecule has 28 heavy (non-hydrogen) atoms. The highest BCUT2D eigenvalue weighted by Gasteiger charge is 2.54. The maximum absolute atomic E-state index is 10.1. The molecule has 0 saturated heterocycles. The van der Waals surface area contributed by atoms with Gasteiger partial charge in [0.15, 0.2) is 5.41 Å². The van der Waals surface area contributed by atoms with E-state index < -0.39 is 11.3 Å². The summed E-state index contributed by atoms with van der Waals surface area (Å²) >= 11 is 6.07. The Balaban J connectivity index is 2.29. The molecule has 2 aliphatic carbocycles. The molecule has 5 heteroatoms. The third-order valence-electron chi connectivity index (χ3n) is 6.33. The Bertz CT molecular complexity index is 960. The quantitative estimate of drug-likeness (QED) is 0.711. The SMILES string of the molecule is CC(C)(C)C1CC=C2C(C#N)=C(N)C(C#N)(C#N)[C@@H](c3ccc(Cl)cc3)[C@@H]2C1. The lowest BCUT2D eigenvalue weighted by molar-refractivity contribution is 0.170. The summed E-state index contributed by atoms with van der Waals surface area (Å²) in [5.41, 5.74) is 6.90. The van der Waals surface area contributed by atoms with Crippen molar-refractivity contribution < 1.29 is 0 Å². The first-order valence-corrected chi connectivity index (χ1v) is 9.76. The Labute approximate surface area is 171 Å². The van der Waals surface area contributed by atoms with Crippen molar-refractivity contribution in [2.45, 2.75) is 39.5 Å². The van der Waals surface area contributed by atoms with Crippen molar-refractivity contribution in [2.75, 3.05) is 0 Å². The van der Waals surface area contributed by atoms with Crippen molar-refractivity contribution in [3.8, 4) is 18.2 Å². The summed E-state index contributed by atoms with van der Waals surface area (Å²) in [4.78, 5) is 0. The molecule has 0 spiro atoms. The normalized spacial score (nSPS) is 26.3. The van der Waals surface area contributed by atoms with Gasteiger partial charge in [0, 0.05) is 10.9 Å². The van der Waals surface area contributed by atoms with Crippen LogP contribution < -0.4 is 5.73 Å². The number of benzene rings is 1. The largest absolute Gasteiger partial charge is 0.399 e. The zero-order chi connectivity index (χ0) is 20.7. The number of halogens is 1. The molecule has 0 fully saturated rings. The monoisotopic (exact) mass is 390 g/mol. The number of hydrogen-bond donors (Lipinski definition) is 1. The third kappa shape index (κ3) is 2.97. The molecule has 0 amide bonds. The molecule has 0 radical (unpaired) electrons. The van der Waals surface area contributed by atoms with Crippen LogP contribution in [0.15, 0.2) is 47.2 Å². The van der Waals surface area contributed by atoms with E-state index in [9.17, 15) is 15.8 Å². The fraction of sp³-hybridized carbons (Fsp3) is 0.435. The van der Waals surface area contributed by atoms with E-state index >= 15 is 0 Å². The molecule has 0 bridgehead atoms. The van der Waals surface area contributed by atoms with Crippen LogP contribution in [-0.4, -0.2) is 0 Å². The van der Waals surface area contributed by atoms with E-state index in [-0.39, 0.29) is 17.0 Å². The number of fused-ring (bicyclic) bond motifs is 1. The van der Waals surface area contributed by atoms with E-state index in [1.165, 1.54) is 0 Å². The van der Waals surface area contributed by atoms with Crippen LogP contribution in [0.1, 0.15) is 45.1 Å². The molecule has 3 rings (SSSR count). The second-order valence-electron chi connectivity index (χ2n) is 8.76. The molecule has 1 aromatic rings. The standard InChI is InChI=1S/C23H23ClN4/c1-22(2,3)15-6-9-17-18(10-15)20(14-4-7-16(24)8-5-14)23(12-26,13-27)21(28)19(17)11-25/h4-5,7-9,15,18,20H,6,10,28H2,1-3H3/t15?,18-,20+/m1/s1. The van der Waals surface area contributed by atoms with Crippen LogP contribution in [0.25, 0.3) is 0 Å². The second-order valence-corrected chi connectivity index (χ2v) is 9.20. The highest BCUT2D eigenvalue weighted by molar-refractivity contribution is 6.30. The summed E-state index contributed by atoms with van der Waals surface area (Å²) in [5, 5.41) is 30.5. The molecule has 2 aliphatic rings. The lowest BCUT2D eigenvalue weighted by Gasteiger charge is -2.47. The minimum absolute atomic E-state index is 0.0664. The fourth-order valence-electron chi connectivity index (χ4n) is 4.64. The van der Waals surface area contributed by atoms with Crippen LogP contribution >= 0.6 is 11.6 Å². The van der Waals surface area contributed by atoms with Crippen molar-refractivity contribution in [3.05, 3.63) is 57.8 Å². The predicted molar refractivity (Wildman–Crippen MR) is 108 cm³/mol. The minimum atomic E-state index is -1.58. The molecular formula is C23H23ClN4. The predicted octanol–water partition coefficient (Wildman–Crippen LogP) is 5.21. The first kappa shape index (κ1) is 20.0. The molecular weight excluding hydrogens is 368 g/mol. The van der Waals surface area contributed by atoms with Gasteiger partial charge in [-0.3, -0.25) is 0 Å². The molecule has 1 aromatic carbocycles. The van der Waals surface area contributed by atoms with Gasteiger partial charge in [-0.2, -0.15) is 15.8 Å². The van der Waals surface area contributed by atoms with E-state index in [1.54, 1.807) is 12.1 Å². The Morgan fingerprint density at radius 1 is 1.11 bits per heavy atom. The van der Waals surface area contributed by atoms with E-state index in [0.29, 0.717) is 16.5 Å². The maximum atomic E-state index is 10.1. The molecule has 3 atom stereocenters. The summed E-state index contributed by atoms with van der Waals surface area (Å²) in [6, 6.07) is 13.8. The summed E-state index contributed by atoms with van der Waals surface area (Å²) in [6.07, 6.45) is 3.75. The van der Waals surface area contributed by atoms with Gasteiger partial charge in [-0.1, -0.05) is 50.6 Å². The first-order chi connectivity index (χ1) is 13.2. The molecule has 2 N–H and O–H groups in total. The van der Waals surface area contributed by atoms with Gasteiger partial charge < -0.3 is 5.73 Å². The van der Waals surface area contributed by atoms with Crippen molar-refractivity contribution >= 4 is 11.6 Å². The second kappa shape index (κ2) is 7.01. The van der Waals surface area contributed by atoms with Crippen molar-refractivity contribution in [1.29, 1.82) is 15.8 Å². The average Bonchev–Trinajstić information content (AvgIpc) is 2.67. The van der Waals surface area contributed by atoms with Gasteiger partial charge in [-0.05, 0) is 53.4 Å². The zero-order valence-corrected chi connectivity index (χ0v) is 17.1. The van der Waals surface area contributed by atoms with E-state index in [0.717, 1.165) is 24.0 Å². The van der Waals surface area contributed by atoms with E-state index in [2.05, 4.69) is 45.1 Å². The first-order valence-electron chi connectivity index (χ1n) is 9.38. The molecule has 142 valence electrons. The smallest absolute Gasteiger partial charge is 0.191 e. The molecule has 1 unspecified atom stereocenters. The molecule has 0 heterocycles. The highest BCUT2D eigenvalue weighted by atomic mass is 35.5. The van der Waals surface area contributed by atoms with Gasteiger partial charge >= 0.3 is 0 Å².